The molecule has 0 bridgehead atoms. The van der Waals surface area contributed by atoms with E-state index in [9.17, 15) is 0 Å². The Morgan fingerprint density at radius 3 is 3.00 bits per heavy atom. The molecule has 0 saturated carbocycles. The van der Waals surface area contributed by atoms with E-state index in [1.807, 2.05) is 0 Å². The van der Waals surface area contributed by atoms with Crippen molar-refractivity contribution in [3.05, 3.63) is 5.82 Å². The van der Waals surface area contributed by atoms with Gasteiger partial charge in [0.25, 0.3) is 0 Å². The van der Waals surface area contributed by atoms with E-state index in [2.05, 4.69) is 21.6 Å². The highest BCUT2D eigenvalue weighted by atomic mass is 32.1. The molecule has 1 heterocycles. The molecule has 0 fully saturated rings. The molecule has 1 aromatic rings. The lowest BCUT2D eigenvalue weighted by atomic mass is 10.3. The summed E-state index contributed by atoms with van der Waals surface area (Å²) in [6, 6.07) is 0. The number of aliphatic hydroxyl groups excluding tert-OH is 1. The largest absolute Gasteiger partial charge is 0.392 e. The fraction of sp³-hybridized carbons (Fsp3) is 0.750. The van der Waals surface area contributed by atoms with Gasteiger partial charge in [0.2, 0.25) is 5.13 Å². The van der Waals surface area contributed by atoms with E-state index in [1.165, 1.54) is 11.5 Å². The van der Waals surface area contributed by atoms with Crippen LogP contribution in [0.5, 0.6) is 0 Å². The van der Waals surface area contributed by atoms with Gasteiger partial charge in [-0.15, -0.1) is 0 Å². The zero-order chi connectivity index (χ0) is 9.68. The Labute approximate surface area is 82.2 Å². The van der Waals surface area contributed by atoms with E-state index in [4.69, 9.17) is 5.11 Å². The lowest BCUT2D eigenvalue weighted by molar-refractivity contribution is 0.208. The molecule has 1 rings (SSSR count). The Bertz CT molecular complexity index is 249. The molecule has 4 nitrogen and oxygen atoms in total. The van der Waals surface area contributed by atoms with Crippen molar-refractivity contribution in [2.24, 2.45) is 0 Å². The fourth-order valence-electron chi connectivity index (χ4n) is 0.886. The number of rotatable bonds is 5. The van der Waals surface area contributed by atoms with E-state index >= 15 is 0 Å². The molecule has 0 aromatic carbocycles. The van der Waals surface area contributed by atoms with Gasteiger partial charge in [-0.3, -0.25) is 0 Å². The Kier molecular flexibility index (Phi) is 4.11. The molecule has 0 radical (unpaired) electrons. The van der Waals surface area contributed by atoms with Gasteiger partial charge in [-0.05, 0) is 13.3 Å². The molecule has 2 N–H and O–H groups in total. The van der Waals surface area contributed by atoms with E-state index in [0.717, 1.165) is 23.8 Å². The first-order valence-electron chi connectivity index (χ1n) is 4.47. The molecule has 74 valence electrons. The normalized spacial score (nSPS) is 12.8. The Hall–Kier alpha value is -0.680. The number of hydrogen-bond acceptors (Lipinski definition) is 5. The molecule has 1 atom stereocenters. The first-order valence-corrected chi connectivity index (χ1v) is 5.24. The molecule has 0 aliphatic carbocycles. The SMILES string of the molecule is CCCc1nsc(NCC(C)O)n1. The summed E-state index contributed by atoms with van der Waals surface area (Å²) < 4.78 is 4.17. The summed E-state index contributed by atoms with van der Waals surface area (Å²) in [6.07, 6.45) is 1.64. The first kappa shape index (κ1) is 10.4. The lowest BCUT2D eigenvalue weighted by Gasteiger charge is -2.02. The van der Waals surface area contributed by atoms with Crippen LogP contribution in [0.1, 0.15) is 26.1 Å². The smallest absolute Gasteiger partial charge is 0.202 e. The van der Waals surface area contributed by atoms with Gasteiger partial charge in [-0.2, -0.15) is 4.37 Å². The molecule has 0 saturated heterocycles. The molecule has 1 aromatic heterocycles. The van der Waals surface area contributed by atoms with Crippen molar-refractivity contribution >= 4 is 16.7 Å². The molecule has 0 aliphatic heterocycles. The van der Waals surface area contributed by atoms with Crippen molar-refractivity contribution in [1.29, 1.82) is 0 Å². The van der Waals surface area contributed by atoms with Crippen molar-refractivity contribution < 1.29 is 5.11 Å². The van der Waals surface area contributed by atoms with Crippen LogP contribution in [0.3, 0.4) is 0 Å². The third kappa shape index (κ3) is 3.69. The van der Waals surface area contributed by atoms with Gasteiger partial charge in [0.1, 0.15) is 5.82 Å². The average molecular weight is 201 g/mol. The maximum Gasteiger partial charge on any atom is 0.202 e. The lowest BCUT2D eigenvalue weighted by Crippen LogP contribution is -2.15. The third-order valence-electron chi connectivity index (χ3n) is 1.49. The second kappa shape index (κ2) is 5.14. The Morgan fingerprint density at radius 1 is 1.62 bits per heavy atom. The van der Waals surface area contributed by atoms with Gasteiger partial charge in [0, 0.05) is 24.5 Å². The van der Waals surface area contributed by atoms with Crippen LogP contribution < -0.4 is 5.32 Å². The molecule has 13 heavy (non-hydrogen) atoms. The van der Waals surface area contributed by atoms with Gasteiger partial charge >= 0.3 is 0 Å². The maximum absolute atomic E-state index is 9.02. The molecule has 0 aliphatic rings. The number of aryl methyl sites for hydroxylation is 1. The fourth-order valence-corrected chi connectivity index (χ4v) is 1.50. The summed E-state index contributed by atoms with van der Waals surface area (Å²) in [7, 11) is 0. The molecule has 0 spiro atoms. The molecule has 1 unspecified atom stereocenters. The maximum atomic E-state index is 9.02. The summed E-state index contributed by atoms with van der Waals surface area (Å²) in [4.78, 5) is 4.26. The van der Waals surface area contributed by atoms with Crippen LogP contribution in [0.2, 0.25) is 0 Å². The van der Waals surface area contributed by atoms with Crippen LogP contribution in [0.4, 0.5) is 5.13 Å². The molecule has 5 heteroatoms. The summed E-state index contributed by atoms with van der Waals surface area (Å²) in [5.74, 6) is 0.889. The molecule has 0 amide bonds. The topological polar surface area (TPSA) is 58.0 Å². The minimum atomic E-state index is -0.349. The number of aromatic nitrogens is 2. The van der Waals surface area contributed by atoms with Crippen molar-refractivity contribution in [3.63, 3.8) is 0 Å². The summed E-state index contributed by atoms with van der Waals surface area (Å²) >= 11 is 1.35. The van der Waals surface area contributed by atoms with Crippen LogP contribution in [0.25, 0.3) is 0 Å². The number of aliphatic hydroxyl groups is 1. The Balaban J connectivity index is 2.39. The number of hydrogen-bond donors (Lipinski definition) is 2. The van der Waals surface area contributed by atoms with E-state index in [0.29, 0.717) is 6.54 Å². The van der Waals surface area contributed by atoms with E-state index in [-0.39, 0.29) is 6.10 Å². The van der Waals surface area contributed by atoms with Crippen molar-refractivity contribution in [2.75, 3.05) is 11.9 Å². The average Bonchev–Trinajstić information content (AvgIpc) is 2.50. The van der Waals surface area contributed by atoms with Crippen LogP contribution in [0.15, 0.2) is 0 Å². The summed E-state index contributed by atoms with van der Waals surface area (Å²) in [5, 5.41) is 12.8. The van der Waals surface area contributed by atoms with Gasteiger partial charge in [-0.25, -0.2) is 4.98 Å². The second-order valence-electron chi connectivity index (χ2n) is 3.00. The van der Waals surface area contributed by atoms with Crippen molar-refractivity contribution in [2.45, 2.75) is 32.8 Å². The monoisotopic (exact) mass is 201 g/mol. The minimum absolute atomic E-state index is 0.349. The van der Waals surface area contributed by atoms with Crippen LogP contribution in [-0.2, 0) is 6.42 Å². The van der Waals surface area contributed by atoms with Crippen LogP contribution >= 0.6 is 11.5 Å². The predicted molar refractivity (Wildman–Crippen MR) is 54.1 cm³/mol. The Morgan fingerprint density at radius 2 is 2.38 bits per heavy atom. The minimum Gasteiger partial charge on any atom is -0.392 e. The number of nitrogens with one attached hydrogen (secondary N) is 1. The number of nitrogens with zero attached hydrogens (tertiary/aromatic N) is 2. The zero-order valence-electron chi connectivity index (χ0n) is 7.95. The second-order valence-corrected chi connectivity index (χ2v) is 3.75. The highest BCUT2D eigenvalue weighted by Crippen LogP contribution is 2.11. The van der Waals surface area contributed by atoms with Gasteiger partial charge in [0.05, 0.1) is 6.10 Å². The summed E-state index contributed by atoms with van der Waals surface area (Å²) in [6.45, 7) is 4.37. The highest BCUT2D eigenvalue weighted by molar-refractivity contribution is 7.09. The van der Waals surface area contributed by atoms with Crippen LogP contribution in [-0.4, -0.2) is 27.1 Å². The van der Waals surface area contributed by atoms with Crippen LogP contribution in [0, 0.1) is 0 Å². The highest BCUT2D eigenvalue weighted by Gasteiger charge is 2.03. The molecular weight excluding hydrogens is 186 g/mol. The van der Waals surface area contributed by atoms with Crippen molar-refractivity contribution in [3.8, 4) is 0 Å². The van der Waals surface area contributed by atoms with E-state index < -0.39 is 0 Å². The third-order valence-corrected chi connectivity index (χ3v) is 2.20. The summed E-state index contributed by atoms with van der Waals surface area (Å²) in [5.41, 5.74) is 0. The van der Waals surface area contributed by atoms with E-state index in [1.54, 1.807) is 6.92 Å². The zero-order valence-corrected chi connectivity index (χ0v) is 8.77. The van der Waals surface area contributed by atoms with Gasteiger partial charge in [0.15, 0.2) is 0 Å². The standard InChI is InChI=1S/C8H15N3OS/c1-3-4-7-10-8(13-11-7)9-5-6(2)12/h6,12H,3-5H2,1-2H3,(H,9,10,11). The van der Waals surface area contributed by atoms with Gasteiger partial charge < -0.3 is 10.4 Å². The molecular formula is C8H15N3OS. The van der Waals surface area contributed by atoms with Crippen molar-refractivity contribution in [1.82, 2.24) is 9.36 Å². The van der Waals surface area contributed by atoms with Gasteiger partial charge in [-0.1, -0.05) is 6.92 Å². The first-order chi connectivity index (χ1) is 6.22. The number of anilines is 1. The quantitative estimate of drug-likeness (QED) is 0.753. The predicted octanol–water partition coefficient (Wildman–Crippen LogP) is 1.28.